The second-order valence-corrected chi connectivity index (χ2v) is 5.34. The molecule has 0 saturated carbocycles. The van der Waals surface area contributed by atoms with Gasteiger partial charge >= 0.3 is 0 Å². The summed E-state index contributed by atoms with van der Waals surface area (Å²) in [5, 5.41) is 7.41. The van der Waals surface area contributed by atoms with Gasteiger partial charge in [-0.1, -0.05) is 30.3 Å². The van der Waals surface area contributed by atoms with Gasteiger partial charge in [-0.3, -0.25) is 9.59 Å². The molecule has 0 aliphatic heterocycles. The fourth-order valence-electron chi connectivity index (χ4n) is 1.65. The molecule has 0 unspecified atom stereocenters. The van der Waals surface area contributed by atoms with Gasteiger partial charge in [-0.05, 0) is 5.56 Å². The lowest BCUT2D eigenvalue weighted by molar-refractivity contribution is -0.125. The van der Waals surface area contributed by atoms with Crippen molar-refractivity contribution >= 4 is 28.3 Å². The summed E-state index contributed by atoms with van der Waals surface area (Å²) in [4.78, 5) is 27.0. The molecule has 2 N–H and O–H groups in total. The van der Waals surface area contributed by atoms with Gasteiger partial charge in [-0.2, -0.15) is 0 Å². The molecule has 1 aromatic carbocycles. The summed E-state index contributed by atoms with van der Waals surface area (Å²) in [6.45, 7) is 0.713. The predicted octanol–water partition coefficient (Wildman–Crippen LogP) is 1.80. The molecule has 7 heteroatoms. The summed E-state index contributed by atoms with van der Waals surface area (Å²) >= 11 is 1.32. The van der Waals surface area contributed by atoms with Crippen molar-refractivity contribution in [2.45, 2.75) is 13.0 Å². The number of hydrogen-bond donors (Lipinski definition) is 2. The quantitative estimate of drug-likeness (QED) is 0.727. The first-order valence-corrected chi connectivity index (χ1v) is 7.70. The second-order valence-electron chi connectivity index (χ2n) is 4.45. The molecule has 0 saturated heterocycles. The van der Waals surface area contributed by atoms with Crippen LogP contribution in [0.15, 0.2) is 41.9 Å². The molecule has 0 aliphatic rings. The van der Waals surface area contributed by atoms with Gasteiger partial charge < -0.3 is 15.4 Å². The van der Waals surface area contributed by atoms with Crippen molar-refractivity contribution in [1.29, 1.82) is 0 Å². The molecule has 2 rings (SSSR count). The first kappa shape index (κ1) is 16.1. The van der Waals surface area contributed by atoms with Crippen molar-refractivity contribution in [3.05, 3.63) is 47.5 Å². The summed E-state index contributed by atoms with van der Waals surface area (Å²) in [5.74, 6) is -0.518. The van der Waals surface area contributed by atoms with E-state index in [1.165, 1.54) is 11.3 Å². The van der Waals surface area contributed by atoms with Crippen molar-refractivity contribution in [2.24, 2.45) is 0 Å². The standard InChI is InChI=1S/C15H17N3O3S/c19-13(6-8-21-11-12-4-2-1-3-5-12)17-10-14(20)18-15-16-7-9-22-15/h1-5,7,9H,6,8,10-11H2,(H,17,19)(H,16,18,20). The highest BCUT2D eigenvalue weighted by atomic mass is 32.1. The Morgan fingerprint density at radius 2 is 2.00 bits per heavy atom. The molecule has 2 aromatic rings. The number of aromatic nitrogens is 1. The Hall–Kier alpha value is -2.25. The fourth-order valence-corrected chi connectivity index (χ4v) is 2.19. The first-order valence-electron chi connectivity index (χ1n) is 6.82. The van der Waals surface area contributed by atoms with Gasteiger partial charge in [0.25, 0.3) is 0 Å². The highest BCUT2D eigenvalue weighted by molar-refractivity contribution is 7.13. The van der Waals surface area contributed by atoms with Gasteiger partial charge in [0.05, 0.1) is 19.8 Å². The van der Waals surface area contributed by atoms with E-state index in [0.29, 0.717) is 18.3 Å². The average molecular weight is 319 g/mol. The molecule has 6 nitrogen and oxygen atoms in total. The van der Waals surface area contributed by atoms with Crippen LogP contribution in [0.5, 0.6) is 0 Å². The number of anilines is 1. The molecule has 1 aromatic heterocycles. The van der Waals surface area contributed by atoms with Gasteiger partial charge in [0.15, 0.2) is 5.13 Å². The maximum Gasteiger partial charge on any atom is 0.245 e. The molecule has 22 heavy (non-hydrogen) atoms. The summed E-state index contributed by atoms with van der Waals surface area (Å²) < 4.78 is 5.41. The lowest BCUT2D eigenvalue weighted by Gasteiger charge is -2.06. The number of nitrogens with one attached hydrogen (secondary N) is 2. The topological polar surface area (TPSA) is 80.3 Å². The zero-order chi connectivity index (χ0) is 15.6. The van der Waals surface area contributed by atoms with Crippen LogP contribution >= 0.6 is 11.3 Å². The highest BCUT2D eigenvalue weighted by Gasteiger charge is 2.07. The zero-order valence-corrected chi connectivity index (χ0v) is 12.8. The number of carbonyl (C=O) groups excluding carboxylic acids is 2. The van der Waals surface area contributed by atoms with E-state index in [-0.39, 0.29) is 24.8 Å². The van der Waals surface area contributed by atoms with E-state index in [2.05, 4.69) is 15.6 Å². The van der Waals surface area contributed by atoms with Crippen molar-refractivity contribution in [2.75, 3.05) is 18.5 Å². The number of amides is 2. The van der Waals surface area contributed by atoms with Crippen LogP contribution in [-0.2, 0) is 20.9 Å². The smallest absolute Gasteiger partial charge is 0.245 e. The van der Waals surface area contributed by atoms with Gasteiger partial charge in [0.2, 0.25) is 11.8 Å². The van der Waals surface area contributed by atoms with E-state index in [1.807, 2.05) is 30.3 Å². The van der Waals surface area contributed by atoms with Crippen LogP contribution in [0.1, 0.15) is 12.0 Å². The third kappa shape index (κ3) is 6.02. The molecule has 0 atom stereocenters. The highest BCUT2D eigenvalue weighted by Crippen LogP contribution is 2.09. The van der Waals surface area contributed by atoms with Crippen LogP contribution in [0.4, 0.5) is 5.13 Å². The van der Waals surface area contributed by atoms with E-state index < -0.39 is 0 Å². The van der Waals surface area contributed by atoms with E-state index in [4.69, 9.17) is 4.74 Å². The summed E-state index contributed by atoms with van der Waals surface area (Å²) in [6.07, 6.45) is 1.82. The number of benzene rings is 1. The van der Waals surface area contributed by atoms with Crippen LogP contribution in [-0.4, -0.2) is 29.9 Å². The SMILES string of the molecule is O=C(CCOCc1ccccc1)NCC(=O)Nc1nccs1. The van der Waals surface area contributed by atoms with E-state index in [0.717, 1.165) is 5.56 Å². The molecular formula is C15H17N3O3S. The van der Waals surface area contributed by atoms with Gasteiger partial charge in [0.1, 0.15) is 0 Å². The van der Waals surface area contributed by atoms with Gasteiger partial charge in [0, 0.05) is 18.0 Å². The molecule has 0 radical (unpaired) electrons. The maximum atomic E-state index is 11.6. The van der Waals surface area contributed by atoms with Crippen molar-refractivity contribution in [1.82, 2.24) is 10.3 Å². The van der Waals surface area contributed by atoms with Crippen LogP contribution in [0.25, 0.3) is 0 Å². The van der Waals surface area contributed by atoms with Crippen molar-refractivity contribution in [3.63, 3.8) is 0 Å². The Labute approximate surface area is 132 Å². The Balaban J connectivity index is 1.55. The molecule has 0 fully saturated rings. The number of carbonyl (C=O) groups is 2. The molecule has 0 aliphatic carbocycles. The molecular weight excluding hydrogens is 302 g/mol. The lowest BCUT2D eigenvalue weighted by atomic mass is 10.2. The van der Waals surface area contributed by atoms with Crippen LogP contribution in [0, 0.1) is 0 Å². The minimum Gasteiger partial charge on any atom is -0.376 e. The van der Waals surface area contributed by atoms with E-state index >= 15 is 0 Å². The number of rotatable bonds is 8. The Morgan fingerprint density at radius 1 is 1.18 bits per heavy atom. The third-order valence-corrected chi connectivity index (χ3v) is 3.40. The third-order valence-electron chi connectivity index (χ3n) is 2.71. The van der Waals surface area contributed by atoms with Crippen LogP contribution < -0.4 is 10.6 Å². The van der Waals surface area contributed by atoms with Gasteiger partial charge in [-0.25, -0.2) is 4.98 Å². The normalized spacial score (nSPS) is 10.2. The number of ether oxygens (including phenoxy) is 1. The Morgan fingerprint density at radius 3 is 2.73 bits per heavy atom. The maximum absolute atomic E-state index is 11.6. The average Bonchev–Trinajstić information content (AvgIpc) is 3.03. The summed E-state index contributed by atoms with van der Waals surface area (Å²) in [5.41, 5.74) is 1.06. The second kappa shape index (κ2) is 8.91. The summed E-state index contributed by atoms with van der Waals surface area (Å²) in [7, 11) is 0. The predicted molar refractivity (Wildman–Crippen MR) is 84.5 cm³/mol. The van der Waals surface area contributed by atoms with Gasteiger partial charge in [-0.15, -0.1) is 11.3 Å². The van der Waals surface area contributed by atoms with Crippen LogP contribution in [0.3, 0.4) is 0 Å². The number of nitrogens with zero attached hydrogens (tertiary/aromatic N) is 1. The number of thiazole rings is 1. The Kier molecular flexibility index (Phi) is 6.53. The minimum absolute atomic E-state index is 0.0723. The first-order chi connectivity index (χ1) is 10.7. The molecule has 0 spiro atoms. The zero-order valence-electron chi connectivity index (χ0n) is 12.0. The fraction of sp³-hybridized carbons (Fsp3) is 0.267. The number of hydrogen-bond acceptors (Lipinski definition) is 5. The van der Waals surface area contributed by atoms with Crippen molar-refractivity contribution in [3.8, 4) is 0 Å². The largest absolute Gasteiger partial charge is 0.376 e. The minimum atomic E-state index is -0.298. The van der Waals surface area contributed by atoms with Crippen molar-refractivity contribution < 1.29 is 14.3 Å². The van der Waals surface area contributed by atoms with E-state index in [1.54, 1.807) is 11.6 Å². The van der Waals surface area contributed by atoms with E-state index in [9.17, 15) is 9.59 Å². The molecule has 0 bridgehead atoms. The molecule has 2 amide bonds. The van der Waals surface area contributed by atoms with Crippen LogP contribution in [0.2, 0.25) is 0 Å². The monoisotopic (exact) mass is 319 g/mol. The Bertz CT molecular complexity index is 587. The molecule has 1 heterocycles. The molecule has 116 valence electrons. The lowest BCUT2D eigenvalue weighted by Crippen LogP contribution is -2.33. The summed E-state index contributed by atoms with van der Waals surface area (Å²) in [6, 6.07) is 9.73.